The van der Waals surface area contributed by atoms with Crippen molar-refractivity contribution < 1.29 is 4.42 Å². The van der Waals surface area contributed by atoms with Crippen molar-refractivity contribution in [2.45, 2.75) is 13.0 Å². The first-order valence-corrected chi connectivity index (χ1v) is 6.57. The Labute approximate surface area is 108 Å². The van der Waals surface area contributed by atoms with Crippen LogP contribution >= 0.6 is 34.5 Å². The van der Waals surface area contributed by atoms with Crippen LogP contribution in [0.5, 0.6) is 0 Å². The van der Waals surface area contributed by atoms with Crippen LogP contribution in [0.3, 0.4) is 0 Å². The predicted octanol–water partition coefficient (Wildman–Crippen LogP) is 4.35. The van der Waals surface area contributed by atoms with E-state index < -0.39 is 0 Å². The van der Waals surface area contributed by atoms with Crippen LogP contribution in [0.2, 0.25) is 10.2 Å². The molecule has 0 bridgehead atoms. The molecule has 0 spiro atoms. The van der Waals surface area contributed by atoms with Gasteiger partial charge >= 0.3 is 0 Å². The van der Waals surface area contributed by atoms with Crippen molar-refractivity contribution in [3.05, 3.63) is 44.5 Å². The van der Waals surface area contributed by atoms with Gasteiger partial charge in [-0.15, -0.1) is 11.3 Å². The Bertz CT molecular complexity index is 466. The van der Waals surface area contributed by atoms with Crippen molar-refractivity contribution in [3.8, 4) is 0 Å². The van der Waals surface area contributed by atoms with Gasteiger partial charge in [0.25, 0.3) is 0 Å². The molecule has 0 aliphatic carbocycles. The molecule has 0 radical (unpaired) electrons. The average Bonchev–Trinajstić information content (AvgIpc) is 2.84. The van der Waals surface area contributed by atoms with Gasteiger partial charge in [-0.2, -0.15) is 0 Å². The Hall–Kier alpha value is -0.480. The van der Waals surface area contributed by atoms with Gasteiger partial charge in [0.2, 0.25) is 0 Å². The SMILES string of the molecule is CCNC(c1ccc(Cl)o1)c1sccc1Cl. The fraction of sp³-hybridized carbons (Fsp3) is 0.273. The lowest BCUT2D eigenvalue weighted by Crippen LogP contribution is -2.20. The van der Waals surface area contributed by atoms with E-state index in [0.717, 1.165) is 22.2 Å². The minimum atomic E-state index is -0.0231. The standard InChI is InChI=1S/C11H11Cl2NOS/c1-2-14-10(8-3-4-9(13)15-8)11-7(12)5-6-16-11/h3-6,10,14H,2H2,1H3. The van der Waals surface area contributed by atoms with E-state index in [-0.39, 0.29) is 6.04 Å². The van der Waals surface area contributed by atoms with Gasteiger partial charge in [-0.3, -0.25) is 0 Å². The molecule has 2 heterocycles. The summed E-state index contributed by atoms with van der Waals surface area (Å²) in [4.78, 5) is 1.05. The Morgan fingerprint density at radius 2 is 2.19 bits per heavy atom. The monoisotopic (exact) mass is 275 g/mol. The van der Waals surface area contributed by atoms with Crippen LogP contribution in [0.4, 0.5) is 0 Å². The van der Waals surface area contributed by atoms with E-state index in [9.17, 15) is 0 Å². The maximum absolute atomic E-state index is 6.12. The summed E-state index contributed by atoms with van der Waals surface area (Å²) in [7, 11) is 0. The predicted molar refractivity (Wildman–Crippen MR) is 68.6 cm³/mol. The second-order valence-corrected chi connectivity index (χ2v) is 4.99. The molecule has 5 heteroatoms. The van der Waals surface area contributed by atoms with E-state index in [1.807, 2.05) is 24.4 Å². The molecule has 0 aliphatic rings. The summed E-state index contributed by atoms with van der Waals surface area (Å²) in [6.07, 6.45) is 0. The van der Waals surface area contributed by atoms with Gasteiger partial charge in [0.1, 0.15) is 11.8 Å². The van der Waals surface area contributed by atoms with Crippen molar-refractivity contribution in [1.29, 1.82) is 0 Å². The zero-order chi connectivity index (χ0) is 11.5. The molecule has 16 heavy (non-hydrogen) atoms. The zero-order valence-corrected chi connectivity index (χ0v) is 11.0. The van der Waals surface area contributed by atoms with Gasteiger partial charge in [0, 0.05) is 4.88 Å². The molecule has 2 aromatic rings. The molecule has 0 amide bonds. The lowest BCUT2D eigenvalue weighted by Gasteiger charge is -2.14. The molecule has 0 saturated carbocycles. The van der Waals surface area contributed by atoms with E-state index in [2.05, 4.69) is 5.32 Å². The quantitative estimate of drug-likeness (QED) is 0.898. The molecule has 86 valence electrons. The zero-order valence-electron chi connectivity index (χ0n) is 8.67. The third-order valence-electron chi connectivity index (χ3n) is 2.19. The molecule has 2 aromatic heterocycles. The summed E-state index contributed by atoms with van der Waals surface area (Å²) in [6, 6.07) is 5.47. The molecule has 0 saturated heterocycles. The third kappa shape index (κ3) is 2.43. The van der Waals surface area contributed by atoms with E-state index in [0.29, 0.717) is 5.22 Å². The molecule has 0 aromatic carbocycles. The Kier molecular flexibility index (Phi) is 3.92. The minimum absolute atomic E-state index is 0.0231. The van der Waals surface area contributed by atoms with Crippen molar-refractivity contribution in [1.82, 2.24) is 5.32 Å². The summed E-state index contributed by atoms with van der Waals surface area (Å²) >= 11 is 13.5. The molecule has 2 nitrogen and oxygen atoms in total. The normalized spacial score (nSPS) is 12.9. The lowest BCUT2D eigenvalue weighted by molar-refractivity contribution is 0.457. The van der Waals surface area contributed by atoms with Gasteiger partial charge < -0.3 is 9.73 Å². The highest BCUT2D eigenvalue weighted by molar-refractivity contribution is 7.10. The van der Waals surface area contributed by atoms with Crippen LogP contribution in [-0.2, 0) is 0 Å². The topological polar surface area (TPSA) is 25.2 Å². The smallest absolute Gasteiger partial charge is 0.193 e. The fourth-order valence-corrected chi connectivity index (χ4v) is 2.92. The number of nitrogens with one attached hydrogen (secondary N) is 1. The molecule has 0 aliphatic heterocycles. The van der Waals surface area contributed by atoms with Crippen molar-refractivity contribution in [2.75, 3.05) is 6.54 Å². The fourth-order valence-electron chi connectivity index (χ4n) is 1.52. The molecule has 1 unspecified atom stereocenters. The largest absolute Gasteiger partial charge is 0.448 e. The van der Waals surface area contributed by atoms with Gasteiger partial charge in [-0.05, 0) is 41.7 Å². The third-order valence-corrected chi connectivity index (χ3v) is 3.82. The van der Waals surface area contributed by atoms with Crippen molar-refractivity contribution in [3.63, 3.8) is 0 Å². The van der Waals surface area contributed by atoms with Gasteiger partial charge in [0.05, 0.1) is 5.02 Å². The second-order valence-electron chi connectivity index (χ2n) is 3.27. The molecule has 0 fully saturated rings. The maximum atomic E-state index is 6.12. The molecular weight excluding hydrogens is 265 g/mol. The van der Waals surface area contributed by atoms with Crippen LogP contribution < -0.4 is 5.32 Å². The Morgan fingerprint density at radius 3 is 2.69 bits per heavy atom. The Morgan fingerprint density at radius 1 is 1.38 bits per heavy atom. The van der Waals surface area contributed by atoms with E-state index >= 15 is 0 Å². The summed E-state index contributed by atoms with van der Waals surface area (Å²) in [5.41, 5.74) is 0. The average molecular weight is 276 g/mol. The first-order chi connectivity index (χ1) is 7.72. The number of halogens is 2. The van der Waals surface area contributed by atoms with Gasteiger partial charge in [-0.25, -0.2) is 0 Å². The highest BCUT2D eigenvalue weighted by Crippen LogP contribution is 2.34. The maximum Gasteiger partial charge on any atom is 0.193 e. The summed E-state index contributed by atoms with van der Waals surface area (Å²) < 4.78 is 5.43. The van der Waals surface area contributed by atoms with Gasteiger partial charge in [-0.1, -0.05) is 18.5 Å². The number of rotatable bonds is 4. The molecule has 1 atom stereocenters. The van der Waals surface area contributed by atoms with Crippen molar-refractivity contribution in [2.24, 2.45) is 0 Å². The van der Waals surface area contributed by atoms with Crippen LogP contribution in [-0.4, -0.2) is 6.54 Å². The van der Waals surface area contributed by atoms with E-state index in [1.165, 1.54) is 0 Å². The van der Waals surface area contributed by atoms with Crippen LogP contribution in [0.1, 0.15) is 23.6 Å². The van der Waals surface area contributed by atoms with E-state index in [4.69, 9.17) is 27.6 Å². The molecular formula is C11H11Cl2NOS. The first kappa shape index (κ1) is 12.0. The summed E-state index contributed by atoms with van der Waals surface area (Å²) in [5, 5.41) is 6.44. The summed E-state index contributed by atoms with van der Waals surface area (Å²) in [6.45, 7) is 2.87. The Balaban J connectivity index is 2.34. The van der Waals surface area contributed by atoms with E-state index in [1.54, 1.807) is 17.4 Å². The first-order valence-electron chi connectivity index (χ1n) is 4.94. The molecule has 1 N–H and O–H groups in total. The number of thiophene rings is 1. The van der Waals surface area contributed by atoms with Crippen LogP contribution in [0.25, 0.3) is 0 Å². The van der Waals surface area contributed by atoms with Gasteiger partial charge in [0.15, 0.2) is 5.22 Å². The number of furan rings is 1. The number of hydrogen-bond acceptors (Lipinski definition) is 3. The van der Waals surface area contributed by atoms with Crippen LogP contribution in [0, 0.1) is 0 Å². The highest BCUT2D eigenvalue weighted by atomic mass is 35.5. The number of hydrogen-bond donors (Lipinski definition) is 1. The highest BCUT2D eigenvalue weighted by Gasteiger charge is 2.20. The minimum Gasteiger partial charge on any atom is -0.448 e. The van der Waals surface area contributed by atoms with Crippen LogP contribution in [0.15, 0.2) is 28.0 Å². The summed E-state index contributed by atoms with van der Waals surface area (Å²) in [5.74, 6) is 0.788. The second kappa shape index (κ2) is 5.23. The van der Waals surface area contributed by atoms with Crippen molar-refractivity contribution >= 4 is 34.5 Å². The molecule has 2 rings (SSSR count). The lowest BCUT2D eigenvalue weighted by atomic mass is 10.2.